The molecule has 0 aliphatic heterocycles. The Morgan fingerprint density at radius 3 is 2.25 bits per heavy atom. The van der Waals surface area contributed by atoms with Crippen molar-refractivity contribution in [2.24, 2.45) is 5.92 Å². The van der Waals surface area contributed by atoms with Gasteiger partial charge in [-0.3, -0.25) is 0 Å². The molecular formula is C13H30N2O. The minimum absolute atomic E-state index is 0.262. The van der Waals surface area contributed by atoms with Crippen LogP contribution in [0.2, 0.25) is 0 Å². The van der Waals surface area contributed by atoms with Gasteiger partial charge in [-0.2, -0.15) is 0 Å². The van der Waals surface area contributed by atoms with E-state index in [1.165, 1.54) is 19.3 Å². The molecule has 0 saturated heterocycles. The maximum Gasteiger partial charge on any atom is 0.0791 e. The molecule has 0 rings (SSSR count). The largest absolute Gasteiger partial charge is 0.390 e. The molecule has 0 radical (unpaired) electrons. The van der Waals surface area contributed by atoms with Crippen molar-refractivity contribution in [2.75, 3.05) is 27.2 Å². The summed E-state index contributed by atoms with van der Waals surface area (Å²) in [6.07, 6.45) is 3.51. The lowest BCUT2D eigenvalue weighted by atomic mass is 10.0. The number of aliphatic hydroxyl groups is 1. The highest BCUT2D eigenvalue weighted by Gasteiger charge is 2.08. The molecule has 2 unspecified atom stereocenters. The van der Waals surface area contributed by atoms with E-state index in [2.05, 4.69) is 26.1 Å². The average Bonchev–Trinajstić information content (AvgIpc) is 2.13. The first-order valence-electron chi connectivity index (χ1n) is 6.48. The molecular weight excluding hydrogens is 200 g/mol. The van der Waals surface area contributed by atoms with Crippen LogP contribution >= 0.6 is 0 Å². The number of nitrogens with one attached hydrogen (secondary N) is 1. The number of likely N-dealkylation sites (N-methyl/N-ethyl adjacent to an activating group) is 1. The minimum atomic E-state index is -0.262. The van der Waals surface area contributed by atoms with Crippen molar-refractivity contribution in [2.45, 2.75) is 52.2 Å². The van der Waals surface area contributed by atoms with E-state index < -0.39 is 0 Å². The highest BCUT2D eigenvalue weighted by molar-refractivity contribution is 4.67. The van der Waals surface area contributed by atoms with E-state index in [0.717, 1.165) is 12.5 Å². The van der Waals surface area contributed by atoms with Gasteiger partial charge in [0.05, 0.1) is 6.10 Å². The Hall–Kier alpha value is -0.120. The van der Waals surface area contributed by atoms with E-state index in [0.29, 0.717) is 12.6 Å². The molecule has 3 heteroatoms. The Bertz CT molecular complexity index is 160. The molecule has 0 heterocycles. The SMILES string of the molecule is CC(C)CCCC(C)NCC(O)CN(C)C. The van der Waals surface area contributed by atoms with Crippen molar-refractivity contribution in [1.82, 2.24) is 10.2 Å². The minimum Gasteiger partial charge on any atom is -0.390 e. The zero-order chi connectivity index (χ0) is 12.6. The van der Waals surface area contributed by atoms with Crippen LogP contribution in [0, 0.1) is 5.92 Å². The molecule has 0 aliphatic rings. The smallest absolute Gasteiger partial charge is 0.0791 e. The van der Waals surface area contributed by atoms with Gasteiger partial charge in [0.2, 0.25) is 0 Å². The fraction of sp³-hybridized carbons (Fsp3) is 1.00. The topological polar surface area (TPSA) is 35.5 Å². The van der Waals surface area contributed by atoms with Crippen LogP contribution in [0.5, 0.6) is 0 Å². The average molecular weight is 230 g/mol. The van der Waals surface area contributed by atoms with E-state index in [4.69, 9.17) is 0 Å². The second kappa shape index (κ2) is 8.97. The summed E-state index contributed by atoms with van der Waals surface area (Å²) in [5.41, 5.74) is 0. The summed E-state index contributed by atoms with van der Waals surface area (Å²) >= 11 is 0. The quantitative estimate of drug-likeness (QED) is 0.633. The standard InChI is InChI=1S/C13H30N2O/c1-11(2)7-6-8-12(3)14-9-13(16)10-15(4)5/h11-14,16H,6-10H2,1-5H3. The van der Waals surface area contributed by atoms with Crippen LogP contribution in [0.4, 0.5) is 0 Å². The third-order valence-corrected chi connectivity index (χ3v) is 2.70. The van der Waals surface area contributed by atoms with Crippen molar-refractivity contribution in [3.8, 4) is 0 Å². The van der Waals surface area contributed by atoms with Gasteiger partial charge >= 0.3 is 0 Å². The molecule has 0 aromatic carbocycles. The summed E-state index contributed by atoms with van der Waals surface area (Å²) < 4.78 is 0. The van der Waals surface area contributed by atoms with Gasteiger partial charge in [0.25, 0.3) is 0 Å². The van der Waals surface area contributed by atoms with E-state index in [1.807, 2.05) is 19.0 Å². The number of hydrogen-bond donors (Lipinski definition) is 2. The number of hydrogen-bond acceptors (Lipinski definition) is 3. The van der Waals surface area contributed by atoms with Crippen LogP contribution in [0.25, 0.3) is 0 Å². The lowest BCUT2D eigenvalue weighted by Crippen LogP contribution is -2.38. The summed E-state index contributed by atoms with van der Waals surface area (Å²) in [6.45, 7) is 8.15. The monoisotopic (exact) mass is 230 g/mol. The van der Waals surface area contributed by atoms with Gasteiger partial charge in [-0.25, -0.2) is 0 Å². The van der Waals surface area contributed by atoms with Gasteiger partial charge in [-0.1, -0.05) is 26.7 Å². The van der Waals surface area contributed by atoms with Crippen molar-refractivity contribution in [3.63, 3.8) is 0 Å². The van der Waals surface area contributed by atoms with E-state index in [1.54, 1.807) is 0 Å². The third kappa shape index (κ3) is 10.4. The number of aliphatic hydroxyl groups excluding tert-OH is 1. The van der Waals surface area contributed by atoms with Crippen LogP contribution in [0.1, 0.15) is 40.0 Å². The maximum absolute atomic E-state index is 9.68. The molecule has 0 amide bonds. The van der Waals surface area contributed by atoms with Crippen molar-refractivity contribution in [1.29, 1.82) is 0 Å². The Kier molecular flexibility index (Phi) is 8.90. The lowest BCUT2D eigenvalue weighted by molar-refractivity contribution is 0.131. The maximum atomic E-state index is 9.68. The summed E-state index contributed by atoms with van der Waals surface area (Å²) in [5.74, 6) is 0.798. The zero-order valence-electron chi connectivity index (χ0n) is 11.7. The van der Waals surface area contributed by atoms with E-state index in [9.17, 15) is 5.11 Å². The molecule has 16 heavy (non-hydrogen) atoms. The molecule has 0 spiro atoms. The molecule has 0 bridgehead atoms. The Labute approximate surface area is 101 Å². The fourth-order valence-electron chi connectivity index (χ4n) is 1.76. The molecule has 2 N–H and O–H groups in total. The lowest BCUT2D eigenvalue weighted by Gasteiger charge is -2.19. The van der Waals surface area contributed by atoms with Crippen LogP contribution < -0.4 is 5.32 Å². The molecule has 0 aromatic rings. The number of rotatable bonds is 9. The Morgan fingerprint density at radius 1 is 1.12 bits per heavy atom. The molecule has 0 fully saturated rings. The van der Waals surface area contributed by atoms with Gasteiger partial charge in [0, 0.05) is 19.1 Å². The predicted octanol–water partition coefficient (Wildman–Crippen LogP) is 1.71. The van der Waals surface area contributed by atoms with Crippen LogP contribution in [0.15, 0.2) is 0 Å². The van der Waals surface area contributed by atoms with Crippen LogP contribution in [-0.2, 0) is 0 Å². The third-order valence-electron chi connectivity index (χ3n) is 2.70. The van der Waals surface area contributed by atoms with Gasteiger partial charge in [0.1, 0.15) is 0 Å². The molecule has 3 nitrogen and oxygen atoms in total. The van der Waals surface area contributed by atoms with E-state index in [-0.39, 0.29) is 6.10 Å². The Balaban J connectivity index is 3.45. The highest BCUT2D eigenvalue weighted by Crippen LogP contribution is 2.08. The van der Waals surface area contributed by atoms with E-state index >= 15 is 0 Å². The summed E-state index contributed by atoms with van der Waals surface area (Å²) in [6, 6.07) is 0.510. The normalized spacial score (nSPS) is 15.8. The fourth-order valence-corrected chi connectivity index (χ4v) is 1.76. The molecule has 0 aromatic heterocycles. The van der Waals surface area contributed by atoms with Gasteiger partial charge in [-0.15, -0.1) is 0 Å². The van der Waals surface area contributed by atoms with Crippen LogP contribution in [-0.4, -0.2) is 49.3 Å². The van der Waals surface area contributed by atoms with Crippen molar-refractivity contribution >= 4 is 0 Å². The van der Waals surface area contributed by atoms with Crippen molar-refractivity contribution in [3.05, 3.63) is 0 Å². The zero-order valence-corrected chi connectivity index (χ0v) is 11.7. The van der Waals surface area contributed by atoms with Crippen LogP contribution in [0.3, 0.4) is 0 Å². The second-order valence-corrected chi connectivity index (χ2v) is 5.55. The first-order chi connectivity index (χ1) is 7.41. The molecule has 0 saturated carbocycles. The van der Waals surface area contributed by atoms with Gasteiger partial charge in [0.15, 0.2) is 0 Å². The summed E-state index contributed by atoms with van der Waals surface area (Å²) in [7, 11) is 3.96. The summed E-state index contributed by atoms with van der Waals surface area (Å²) in [5, 5.41) is 13.1. The number of nitrogens with zero attached hydrogens (tertiary/aromatic N) is 1. The second-order valence-electron chi connectivity index (χ2n) is 5.55. The first kappa shape index (κ1) is 15.9. The van der Waals surface area contributed by atoms with Gasteiger partial charge < -0.3 is 15.3 Å². The summed E-state index contributed by atoms with van der Waals surface area (Å²) in [4.78, 5) is 2.01. The Morgan fingerprint density at radius 2 is 1.75 bits per heavy atom. The van der Waals surface area contributed by atoms with Gasteiger partial charge in [-0.05, 0) is 33.4 Å². The molecule has 98 valence electrons. The molecule has 0 aliphatic carbocycles. The van der Waals surface area contributed by atoms with Crippen molar-refractivity contribution < 1.29 is 5.11 Å². The first-order valence-corrected chi connectivity index (χ1v) is 6.48. The highest BCUT2D eigenvalue weighted by atomic mass is 16.3. The predicted molar refractivity (Wildman–Crippen MR) is 70.7 cm³/mol. The molecule has 2 atom stereocenters.